The molecule has 3 amide bonds. The first-order valence-electron chi connectivity index (χ1n) is 13.9. The second-order valence-corrected chi connectivity index (χ2v) is 11.0. The van der Waals surface area contributed by atoms with Gasteiger partial charge in [0.25, 0.3) is 5.91 Å². The van der Waals surface area contributed by atoms with Gasteiger partial charge in [0, 0.05) is 18.6 Å². The van der Waals surface area contributed by atoms with E-state index in [-0.39, 0.29) is 24.1 Å². The van der Waals surface area contributed by atoms with Crippen molar-refractivity contribution in [2.75, 3.05) is 20.3 Å². The van der Waals surface area contributed by atoms with Crippen molar-refractivity contribution >= 4 is 23.3 Å². The van der Waals surface area contributed by atoms with Crippen LogP contribution in [0.2, 0.25) is 0 Å². The summed E-state index contributed by atoms with van der Waals surface area (Å²) in [7, 11) is 1.37. The summed E-state index contributed by atoms with van der Waals surface area (Å²) in [6.07, 6.45) is 3.06. The lowest BCUT2D eigenvalue weighted by molar-refractivity contribution is -0.0603. The number of imidazole rings is 1. The summed E-state index contributed by atoms with van der Waals surface area (Å²) in [6.45, 7) is -0.815. The molecule has 228 valence electrons. The lowest BCUT2D eigenvalue weighted by Gasteiger charge is -2.30. The zero-order valence-electron chi connectivity index (χ0n) is 23.1. The number of rotatable bonds is 9. The summed E-state index contributed by atoms with van der Waals surface area (Å²) in [6, 6.07) is -0.901. The van der Waals surface area contributed by atoms with E-state index >= 15 is 0 Å². The lowest BCUT2D eigenvalue weighted by Crippen LogP contribution is -2.36. The van der Waals surface area contributed by atoms with Gasteiger partial charge in [-0.15, -0.1) is 0 Å². The molecule has 3 aromatic rings. The molecule has 2 saturated carbocycles. The van der Waals surface area contributed by atoms with Crippen molar-refractivity contribution in [1.82, 2.24) is 35.1 Å². The third-order valence-corrected chi connectivity index (χ3v) is 8.17. The number of nitrogens with one attached hydrogen (secondary N) is 1. The van der Waals surface area contributed by atoms with Crippen LogP contribution in [0.3, 0.4) is 0 Å². The molecule has 3 aliphatic rings. The molecule has 0 radical (unpaired) electrons. The van der Waals surface area contributed by atoms with Crippen molar-refractivity contribution in [2.24, 2.45) is 10.9 Å². The molecule has 2 aliphatic carbocycles. The molecule has 4 heterocycles. The highest BCUT2D eigenvalue weighted by atomic mass is 19.4. The van der Waals surface area contributed by atoms with E-state index < -0.39 is 42.5 Å². The zero-order valence-corrected chi connectivity index (χ0v) is 23.1. The van der Waals surface area contributed by atoms with Gasteiger partial charge in [0.2, 0.25) is 0 Å². The first kappa shape index (κ1) is 28.9. The Morgan fingerprint density at radius 1 is 1.23 bits per heavy atom. The standard InChI is InChI=1S/C27H28F4N8O4/c1-42-13-19(38-12-20(27(29,30)31)34-26(38)41)17-8-21-33-18(11-39(21)32-10-17)22(15-4-2-14(9-28)3-5-15)35-25(40)24-23(16-6-7-16)36-43-37-24/h8-11,15-16,19,22H,2-7,12-13H2,1H3,(H,35,40)/t15?,19-,22+/m1/s1. The Balaban J connectivity index is 1.29. The number of allylic oxidation sites excluding steroid dienone is 1. The van der Waals surface area contributed by atoms with Crippen LogP contribution in [0.25, 0.3) is 5.65 Å². The van der Waals surface area contributed by atoms with Gasteiger partial charge in [-0.25, -0.2) is 23.3 Å². The Bertz CT molecular complexity index is 1580. The van der Waals surface area contributed by atoms with Gasteiger partial charge in [0.1, 0.15) is 11.4 Å². The van der Waals surface area contributed by atoms with Crippen molar-refractivity contribution in [3.8, 4) is 0 Å². The summed E-state index contributed by atoms with van der Waals surface area (Å²) in [4.78, 5) is 34.7. The number of halogens is 4. The molecule has 0 spiro atoms. The molecule has 0 bridgehead atoms. The largest absolute Gasteiger partial charge is 0.431 e. The molecule has 0 unspecified atom stereocenters. The first-order chi connectivity index (χ1) is 20.7. The number of alkyl halides is 3. The minimum atomic E-state index is -4.73. The molecule has 1 aliphatic heterocycles. The van der Waals surface area contributed by atoms with Gasteiger partial charge in [0.15, 0.2) is 11.3 Å². The van der Waals surface area contributed by atoms with Crippen LogP contribution in [0.5, 0.6) is 0 Å². The van der Waals surface area contributed by atoms with Crippen molar-refractivity contribution in [1.29, 1.82) is 0 Å². The lowest BCUT2D eigenvalue weighted by atomic mass is 9.80. The summed E-state index contributed by atoms with van der Waals surface area (Å²) in [5.74, 6) is -0.406. The van der Waals surface area contributed by atoms with Gasteiger partial charge in [-0.3, -0.25) is 4.79 Å². The summed E-state index contributed by atoms with van der Waals surface area (Å²) >= 11 is 0. The van der Waals surface area contributed by atoms with Crippen molar-refractivity contribution in [2.45, 2.75) is 62.7 Å². The molecule has 12 nitrogen and oxygen atoms in total. The van der Waals surface area contributed by atoms with Crippen LogP contribution in [0, 0.1) is 5.92 Å². The second kappa shape index (κ2) is 11.5. The number of nitrogens with zero attached hydrogens (tertiary/aromatic N) is 7. The molecule has 1 N–H and O–H groups in total. The van der Waals surface area contributed by atoms with E-state index in [1.165, 1.54) is 17.8 Å². The Kier molecular flexibility index (Phi) is 7.70. The predicted octanol–water partition coefficient (Wildman–Crippen LogP) is 4.63. The van der Waals surface area contributed by atoms with Crippen molar-refractivity contribution in [3.05, 3.63) is 53.0 Å². The van der Waals surface area contributed by atoms with E-state index in [0.717, 1.165) is 17.7 Å². The van der Waals surface area contributed by atoms with Crippen LogP contribution in [0.4, 0.5) is 22.4 Å². The molecule has 2 atom stereocenters. The maximum Gasteiger partial charge on any atom is 0.431 e. The summed E-state index contributed by atoms with van der Waals surface area (Å²) in [5, 5.41) is 15.2. The number of urea groups is 1. The molecule has 3 aromatic heterocycles. The Morgan fingerprint density at radius 3 is 2.65 bits per heavy atom. The number of aromatic nitrogens is 5. The molecule has 6 rings (SSSR count). The van der Waals surface area contributed by atoms with Crippen molar-refractivity contribution < 1.29 is 36.5 Å². The minimum Gasteiger partial charge on any atom is -0.382 e. The number of methoxy groups -OCH3 is 1. The van der Waals surface area contributed by atoms with E-state index in [4.69, 9.17) is 14.3 Å². The van der Waals surface area contributed by atoms with Gasteiger partial charge in [-0.05, 0) is 61.2 Å². The fraction of sp³-hybridized carbons (Fsp3) is 0.519. The van der Waals surface area contributed by atoms with Crippen LogP contribution >= 0.6 is 0 Å². The number of ether oxygens (including phenoxy) is 1. The highest BCUT2D eigenvalue weighted by Crippen LogP contribution is 2.41. The number of carbonyl (C=O) groups is 2. The second-order valence-electron chi connectivity index (χ2n) is 11.0. The monoisotopic (exact) mass is 604 g/mol. The van der Waals surface area contributed by atoms with Gasteiger partial charge in [0.05, 0.1) is 49.7 Å². The van der Waals surface area contributed by atoms with Crippen LogP contribution in [0.1, 0.15) is 84.0 Å². The molecular formula is C27H28F4N8O4. The minimum absolute atomic E-state index is 0.0809. The highest BCUT2D eigenvalue weighted by molar-refractivity contribution is 6.05. The maximum atomic E-state index is 13.4. The first-order valence-corrected chi connectivity index (χ1v) is 13.9. The number of hydrogen-bond acceptors (Lipinski definition) is 8. The Hall–Kier alpha value is -4.21. The molecule has 2 fully saturated rings. The van der Waals surface area contributed by atoms with Crippen LogP contribution in [0.15, 0.2) is 40.0 Å². The van der Waals surface area contributed by atoms with Crippen LogP contribution in [-0.4, -0.2) is 73.9 Å². The quantitative estimate of drug-likeness (QED) is 0.349. The fourth-order valence-electron chi connectivity index (χ4n) is 5.68. The normalized spacial score (nSPS) is 20.8. The Morgan fingerprint density at radius 2 is 2.00 bits per heavy atom. The van der Waals surface area contributed by atoms with E-state index in [1.807, 2.05) is 0 Å². The predicted molar refractivity (Wildman–Crippen MR) is 141 cm³/mol. The van der Waals surface area contributed by atoms with Crippen molar-refractivity contribution in [3.63, 3.8) is 0 Å². The maximum absolute atomic E-state index is 13.4. The van der Waals surface area contributed by atoms with Crippen LogP contribution in [-0.2, 0) is 4.74 Å². The fourth-order valence-corrected chi connectivity index (χ4v) is 5.68. The molecule has 0 aromatic carbocycles. The van der Waals surface area contributed by atoms with Gasteiger partial charge in [-0.2, -0.15) is 23.3 Å². The topological polar surface area (TPSA) is 140 Å². The molecule has 0 saturated heterocycles. The van der Waals surface area contributed by atoms with E-state index in [1.54, 1.807) is 12.3 Å². The summed E-state index contributed by atoms with van der Waals surface area (Å²) in [5.41, 5.74) is 1.40. The molecule has 43 heavy (non-hydrogen) atoms. The highest BCUT2D eigenvalue weighted by Gasteiger charge is 2.44. The number of amides is 3. The SMILES string of the molecule is COC[C@H](c1cnn2cc([C@@H](NC(=O)c3nonc3C3CC3)C3CCC(=CF)CC3)nc2c1)N1CC(C(F)(F)F)=NC1=O. The van der Waals surface area contributed by atoms with Gasteiger partial charge < -0.3 is 15.0 Å². The van der Waals surface area contributed by atoms with Gasteiger partial charge in [-0.1, -0.05) is 5.16 Å². The van der Waals surface area contributed by atoms with Crippen LogP contribution < -0.4 is 5.32 Å². The third kappa shape index (κ3) is 5.87. The average Bonchev–Trinajstić information content (AvgIpc) is 3.37. The van der Waals surface area contributed by atoms with E-state index in [2.05, 4.69) is 25.7 Å². The number of hydrogen-bond donors (Lipinski definition) is 1. The van der Waals surface area contributed by atoms with E-state index in [9.17, 15) is 27.2 Å². The average molecular weight is 605 g/mol. The van der Waals surface area contributed by atoms with Gasteiger partial charge >= 0.3 is 12.2 Å². The van der Waals surface area contributed by atoms with E-state index in [0.29, 0.717) is 60.2 Å². The smallest absolute Gasteiger partial charge is 0.382 e. The zero-order chi connectivity index (χ0) is 30.3. The number of fused-ring (bicyclic) bond motifs is 1. The third-order valence-electron chi connectivity index (χ3n) is 8.17. The molecular weight excluding hydrogens is 576 g/mol. The number of carbonyl (C=O) groups excluding carboxylic acids is 2. The Labute approximate surface area is 242 Å². The molecule has 16 heteroatoms. The summed E-state index contributed by atoms with van der Waals surface area (Å²) < 4.78 is 64.5. The number of aliphatic imine (C=N–C) groups is 1.